The van der Waals surface area contributed by atoms with Gasteiger partial charge in [0.1, 0.15) is 12.2 Å². The molecule has 152 valence electrons. The molecule has 1 aromatic heterocycles. The number of nitrogens with zero attached hydrogens (tertiary/aromatic N) is 4. The van der Waals surface area contributed by atoms with E-state index in [1.165, 1.54) is 37.7 Å². The van der Waals surface area contributed by atoms with Crippen LogP contribution >= 0.6 is 11.6 Å². The van der Waals surface area contributed by atoms with Crippen molar-refractivity contribution in [2.75, 3.05) is 13.1 Å². The van der Waals surface area contributed by atoms with E-state index in [9.17, 15) is 0 Å². The summed E-state index contributed by atoms with van der Waals surface area (Å²) in [6.07, 6.45) is 9.96. The van der Waals surface area contributed by atoms with Crippen LogP contribution in [0.1, 0.15) is 50.4 Å². The number of benzene rings is 1. The quantitative estimate of drug-likeness (QED) is 0.523. The lowest BCUT2D eigenvalue weighted by Gasteiger charge is -2.25. The van der Waals surface area contributed by atoms with Gasteiger partial charge >= 0.3 is 0 Å². The fraction of sp³-hybridized carbons (Fsp3) is 0.571. The summed E-state index contributed by atoms with van der Waals surface area (Å²) in [6.45, 7) is 4.45. The highest BCUT2D eigenvalue weighted by Gasteiger charge is 2.14. The van der Waals surface area contributed by atoms with Crippen molar-refractivity contribution < 1.29 is 0 Å². The van der Waals surface area contributed by atoms with Gasteiger partial charge in [-0.05, 0) is 37.0 Å². The molecule has 0 spiro atoms. The van der Waals surface area contributed by atoms with Crippen LogP contribution in [0, 0.1) is 0 Å². The Hall–Kier alpha value is -2.08. The first-order valence-corrected chi connectivity index (χ1v) is 10.8. The van der Waals surface area contributed by atoms with E-state index in [0.29, 0.717) is 6.04 Å². The Balaban J connectivity index is 1.55. The number of guanidine groups is 1. The largest absolute Gasteiger partial charge is 0.355 e. The van der Waals surface area contributed by atoms with Gasteiger partial charge in [0.25, 0.3) is 0 Å². The smallest absolute Gasteiger partial charge is 0.191 e. The number of aromatic nitrogens is 3. The third kappa shape index (κ3) is 6.51. The van der Waals surface area contributed by atoms with Gasteiger partial charge in [0.15, 0.2) is 5.96 Å². The molecule has 1 aromatic carbocycles. The Morgan fingerprint density at radius 2 is 2.14 bits per heavy atom. The SMILES string of the molecule is CCc1nncn1CCNC(=NCCc1cccc(Cl)c1)NC1CCCCC1. The lowest BCUT2D eigenvalue weighted by Crippen LogP contribution is -2.45. The molecule has 0 radical (unpaired) electrons. The number of nitrogens with one attached hydrogen (secondary N) is 2. The fourth-order valence-corrected chi connectivity index (χ4v) is 3.83. The van der Waals surface area contributed by atoms with Crippen LogP contribution in [-0.4, -0.2) is 39.9 Å². The third-order valence-corrected chi connectivity index (χ3v) is 5.40. The normalized spacial score (nSPS) is 15.6. The zero-order valence-corrected chi connectivity index (χ0v) is 17.5. The summed E-state index contributed by atoms with van der Waals surface area (Å²) in [5, 5.41) is 16.1. The number of hydrogen-bond acceptors (Lipinski definition) is 3. The third-order valence-electron chi connectivity index (χ3n) is 5.16. The van der Waals surface area contributed by atoms with Crippen LogP contribution in [0.2, 0.25) is 5.02 Å². The Kier molecular flexibility index (Phi) is 8.15. The van der Waals surface area contributed by atoms with Crippen LogP contribution in [-0.2, 0) is 19.4 Å². The zero-order chi connectivity index (χ0) is 19.6. The van der Waals surface area contributed by atoms with Gasteiger partial charge in [-0.2, -0.15) is 0 Å². The van der Waals surface area contributed by atoms with E-state index in [2.05, 4.69) is 38.4 Å². The summed E-state index contributed by atoms with van der Waals surface area (Å²) >= 11 is 6.08. The molecule has 7 heteroatoms. The summed E-state index contributed by atoms with van der Waals surface area (Å²) in [4.78, 5) is 4.82. The van der Waals surface area contributed by atoms with E-state index in [0.717, 1.165) is 49.3 Å². The van der Waals surface area contributed by atoms with Crippen LogP contribution in [0.15, 0.2) is 35.6 Å². The summed E-state index contributed by atoms with van der Waals surface area (Å²) < 4.78 is 2.09. The van der Waals surface area contributed by atoms with E-state index in [-0.39, 0.29) is 0 Å². The molecule has 3 rings (SSSR count). The van der Waals surface area contributed by atoms with Gasteiger partial charge in [-0.1, -0.05) is 49.9 Å². The highest BCUT2D eigenvalue weighted by molar-refractivity contribution is 6.30. The minimum atomic E-state index is 0.521. The minimum Gasteiger partial charge on any atom is -0.355 e. The van der Waals surface area contributed by atoms with Crippen LogP contribution < -0.4 is 10.6 Å². The average molecular weight is 403 g/mol. The first kappa shape index (κ1) is 20.6. The van der Waals surface area contributed by atoms with Crippen molar-refractivity contribution in [2.45, 2.75) is 64.5 Å². The molecule has 0 unspecified atom stereocenters. The first-order valence-electron chi connectivity index (χ1n) is 10.4. The summed E-state index contributed by atoms with van der Waals surface area (Å²) in [5.41, 5.74) is 1.21. The molecule has 1 aliphatic carbocycles. The van der Waals surface area contributed by atoms with Crippen molar-refractivity contribution in [1.29, 1.82) is 0 Å². The van der Waals surface area contributed by atoms with Gasteiger partial charge in [0, 0.05) is 37.1 Å². The van der Waals surface area contributed by atoms with Crippen LogP contribution in [0.3, 0.4) is 0 Å². The van der Waals surface area contributed by atoms with E-state index < -0.39 is 0 Å². The summed E-state index contributed by atoms with van der Waals surface area (Å²) in [5.74, 6) is 1.92. The molecule has 28 heavy (non-hydrogen) atoms. The molecule has 0 bridgehead atoms. The highest BCUT2D eigenvalue weighted by Crippen LogP contribution is 2.17. The van der Waals surface area contributed by atoms with Gasteiger partial charge in [-0.25, -0.2) is 0 Å². The highest BCUT2D eigenvalue weighted by atomic mass is 35.5. The van der Waals surface area contributed by atoms with E-state index in [1.807, 2.05) is 18.2 Å². The maximum atomic E-state index is 6.08. The van der Waals surface area contributed by atoms with Gasteiger partial charge in [0.05, 0.1) is 0 Å². The zero-order valence-electron chi connectivity index (χ0n) is 16.7. The lowest BCUT2D eigenvalue weighted by atomic mass is 9.96. The van der Waals surface area contributed by atoms with Crippen molar-refractivity contribution in [3.05, 3.63) is 47.0 Å². The number of rotatable bonds is 8. The van der Waals surface area contributed by atoms with Crippen LogP contribution in [0.25, 0.3) is 0 Å². The molecular weight excluding hydrogens is 372 g/mol. The molecular formula is C21H31ClN6. The Morgan fingerprint density at radius 3 is 2.93 bits per heavy atom. The second-order valence-corrected chi connectivity index (χ2v) is 7.75. The van der Waals surface area contributed by atoms with Crippen molar-refractivity contribution in [1.82, 2.24) is 25.4 Å². The maximum absolute atomic E-state index is 6.08. The van der Waals surface area contributed by atoms with Gasteiger partial charge < -0.3 is 15.2 Å². The molecule has 2 aromatic rings. The molecule has 0 amide bonds. The van der Waals surface area contributed by atoms with E-state index in [1.54, 1.807) is 6.33 Å². The van der Waals surface area contributed by atoms with Crippen LogP contribution in [0.5, 0.6) is 0 Å². The summed E-state index contributed by atoms with van der Waals surface area (Å²) in [7, 11) is 0. The van der Waals surface area contributed by atoms with Gasteiger partial charge in [-0.3, -0.25) is 4.99 Å². The van der Waals surface area contributed by atoms with E-state index in [4.69, 9.17) is 16.6 Å². The number of hydrogen-bond donors (Lipinski definition) is 2. The first-order chi connectivity index (χ1) is 13.7. The number of aliphatic imine (C=N–C) groups is 1. The predicted molar refractivity (Wildman–Crippen MR) is 115 cm³/mol. The Bertz CT molecular complexity index is 751. The number of halogens is 1. The second kappa shape index (κ2) is 11.1. The maximum Gasteiger partial charge on any atom is 0.191 e. The topological polar surface area (TPSA) is 67.1 Å². The Morgan fingerprint density at radius 1 is 1.29 bits per heavy atom. The fourth-order valence-electron chi connectivity index (χ4n) is 3.62. The van der Waals surface area contributed by atoms with Crippen molar-refractivity contribution in [3.63, 3.8) is 0 Å². The van der Waals surface area contributed by atoms with Crippen molar-refractivity contribution in [2.24, 2.45) is 4.99 Å². The molecule has 1 heterocycles. The second-order valence-electron chi connectivity index (χ2n) is 7.31. The van der Waals surface area contributed by atoms with E-state index >= 15 is 0 Å². The molecule has 0 aliphatic heterocycles. The monoisotopic (exact) mass is 402 g/mol. The van der Waals surface area contributed by atoms with Crippen molar-refractivity contribution in [3.8, 4) is 0 Å². The molecule has 1 aliphatic rings. The molecule has 6 nitrogen and oxygen atoms in total. The molecule has 1 saturated carbocycles. The Labute approximate surface area is 172 Å². The van der Waals surface area contributed by atoms with Crippen LogP contribution in [0.4, 0.5) is 0 Å². The average Bonchev–Trinajstić information content (AvgIpc) is 3.16. The van der Waals surface area contributed by atoms with Gasteiger partial charge in [0.2, 0.25) is 0 Å². The van der Waals surface area contributed by atoms with Gasteiger partial charge in [-0.15, -0.1) is 10.2 Å². The standard InChI is InChI=1S/C21H31ClN6/c1-2-20-27-25-16-28(20)14-13-24-21(26-19-9-4-3-5-10-19)23-12-11-17-7-6-8-18(22)15-17/h6-8,15-16,19H,2-5,9-14H2,1H3,(H2,23,24,26). The summed E-state index contributed by atoms with van der Waals surface area (Å²) in [6, 6.07) is 8.53. The molecule has 2 N–H and O–H groups in total. The molecule has 0 atom stereocenters. The van der Waals surface area contributed by atoms with Crippen molar-refractivity contribution >= 4 is 17.6 Å². The molecule has 0 saturated heterocycles. The molecule has 1 fully saturated rings. The number of aryl methyl sites for hydroxylation is 1. The minimum absolute atomic E-state index is 0.521. The lowest BCUT2D eigenvalue weighted by molar-refractivity contribution is 0.409. The predicted octanol–water partition coefficient (Wildman–Crippen LogP) is 3.60.